The molecule has 4 heteroatoms. The van der Waals surface area contributed by atoms with Crippen LogP contribution in [-0.4, -0.2) is 6.54 Å². The molecule has 1 nitrogen and oxygen atoms in total. The summed E-state index contributed by atoms with van der Waals surface area (Å²) < 4.78 is 2.19. The molecule has 0 aliphatic rings. The van der Waals surface area contributed by atoms with Crippen LogP contribution in [-0.2, 0) is 0 Å². The molecule has 0 bridgehead atoms. The lowest BCUT2D eigenvalue weighted by molar-refractivity contribution is 0.940. The zero-order valence-corrected chi connectivity index (χ0v) is 13.6. The van der Waals surface area contributed by atoms with Crippen molar-refractivity contribution in [3.63, 3.8) is 0 Å². The van der Waals surface area contributed by atoms with Crippen LogP contribution in [0.1, 0.15) is 10.8 Å². The Kier molecular flexibility index (Phi) is 5.30. The predicted molar refractivity (Wildman–Crippen MR) is 85.9 cm³/mol. The molecule has 0 fully saturated rings. The van der Waals surface area contributed by atoms with Gasteiger partial charge in [-0.1, -0.05) is 50.1 Å². The Morgan fingerprint density at radius 2 is 1.72 bits per heavy atom. The standard InChI is InChI=1S/C14H13Br2NS/c15-11-6-4-10(5-7-11)14(9-17)18-13-3-1-2-12(16)8-13/h1-8,14H,9,17H2. The van der Waals surface area contributed by atoms with E-state index in [1.54, 1.807) is 11.8 Å². The molecule has 0 amide bonds. The van der Waals surface area contributed by atoms with Crippen LogP contribution in [0.15, 0.2) is 62.4 Å². The van der Waals surface area contributed by atoms with Gasteiger partial charge in [0.25, 0.3) is 0 Å². The SMILES string of the molecule is NCC(Sc1cccc(Br)c1)c1ccc(Br)cc1. The fraction of sp³-hybridized carbons (Fsp3) is 0.143. The van der Waals surface area contributed by atoms with Crippen molar-refractivity contribution in [2.45, 2.75) is 10.1 Å². The number of thioether (sulfide) groups is 1. The molecule has 0 spiro atoms. The highest BCUT2D eigenvalue weighted by Crippen LogP contribution is 2.35. The molecule has 1 atom stereocenters. The molecule has 2 aromatic carbocycles. The molecule has 0 aromatic heterocycles. The average molecular weight is 387 g/mol. The molecular formula is C14H13Br2NS. The highest BCUT2D eigenvalue weighted by atomic mass is 79.9. The van der Waals surface area contributed by atoms with E-state index in [0.717, 1.165) is 8.95 Å². The Morgan fingerprint density at radius 1 is 1.00 bits per heavy atom. The van der Waals surface area contributed by atoms with E-state index in [1.807, 2.05) is 12.1 Å². The van der Waals surface area contributed by atoms with Crippen molar-refractivity contribution in [1.29, 1.82) is 0 Å². The Labute approximate surface area is 128 Å². The summed E-state index contributed by atoms with van der Waals surface area (Å²) in [6, 6.07) is 16.6. The zero-order valence-electron chi connectivity index (χ0n) is 9.64. The Bertz CT molecular complexity index is 513. The van der Waals surface area contributed by atoms with Crippen molar-refractivity contribution < 1.29 is 0 Å². The van der Waals surface area contributed by atoms with Gasteiger partial charge in [0, 0.05) is 25.6 Å². The van der Waals surface area contributed by atoms with Gasteiger partial charge in [-0.25, -0.2) is 0 Å². The first-order chi connectivity index (χ1) is 8.69. The summed E-state index contributed by atoms with van der Waals surface area (Å²) >= 11 is 8.73. The van der Waals surface area contributed by atoms with E-state index in [0.29, 0.717) is 6.54 Å². The maximum Gasteiger partial charge on any atom is 0.0466 e. The first-order valence-electron chi connectivity index (χ1n) is 5.57. The summed E-state index contributed by atoms with van der Waals surface area (Å²) in [5.74, 6) is 0. The van der Waals surface area contributed by atoms with Crippen LogP contribution in [0.2, 0.25) is 0 Å². The molecule has 94 valence electrons. The Morgan fingerprint density at radius 3 is 2.33 bits per heavy atom. The highest BCUT2D eigenvalue weighted by Gasteiger charge is 2.11. The Hall–Kier alpha value is -0.290. The van der Waals surface area contributed by atoms with E-state index in [4.69, 9.17) is 5.73 Å². The maximum atomic E-state index is 5.88. The number of benzene rings is 2. The summed E-state index contributed by atoms with van der Waals surface area (Å²) in [5, 5.41) is 0.285. The minimum atomic E-state index is 0.285. The third-order valence-corrected chi connectivity index (χ3v) is 4.83. The second-order valence-corrected chi connectivity index (χ2v) is 6.96. The van der Waals surface area contributed by atoms with E-state index in [2.05, 4.69) is 68.3 Å². The monoisotopic (exact) mass is 385 g/mol. The predicted octanol–water partition coefficient (Wildman–Crippen LogP) is 5.00. The zero-order chi connectivity index (χ0) is 13.0. The van der Waals surface area contributed by atoms with Crippen LogP contribution in [0.3, 0.4) is 0 Å². The summed E-state index contributed by atoms with van der Waals surface area (Å²) in [7, 11) is 0. The summed E-state index contributed by atoms with van der Waals surface area (Å²) in [4.78, 5) is 1.22. The van der Waals surface area contributed by atoms with E-state index < -0.39 is 0 Å². The van der Waals surface area contributed by atoms with Gasteiger partial charge in [-0.15, -0.1) is 11.8 Å². The highest BCUT2D eigenvalue weighted by molar-refractivity contribution is 9.10. The molecular weight excluding hydrogens is 374 g/mol. The van der Waals surface area contributed by atoms with Gasteiger partial charge in [-0.3, -0.25) is 0 Å². The minimum Gasteiger partial charge on any atom is -0.329 e. The van der Waals surface area contributed by atoms with Crippen molar-refractivity contribution in [3.8, 4) is 0 Å². The van der Waals surface area contributed by atoms with Crippen LogP contribution in [0.5, 0.6) is 0 Å². The number of hydrogen-bond acceptors (Lipinski definition) is 2. The summed E-state index contributed by atoms with van der Waals surface area (Å²) in [6.07, 6.45) is 0. The molecule has 0 radical (unpaired) electrons. The van der Waals surface area contributed by atoms with Gasteiger partial charge in [0.15, 0.2) is 0 Å². The summed E-state index contributed by atoms with van der Waals surface area (Å²) in [5.41, 5.74) is 7.14. The lowest BCUT2D eigenvalue weighted by Gasteiger charge is -2.15. The summed E-state index contributed by atoms with van der Waals surface area (Å²) in [6.45, 7) is 0.624. The number of halogens is 2. The molecule has 2 aromatic rings. The van der Waals surface area contributed by atoms with Gasteiger partial charge in [0.05, 0.1) is 0 Å². The van der Waals surface area contributed by atoms with Crippen molar-refractivity contribution in [2.75, 3.05) is 6.54 Å². The number of nitrogens with two attached hydrogens (primary N) is 1. The molecule has 0 saturated heterocycles. The Balaban J connectivity index is 2.17. The van der Waals surface area contributed by atoms with Crippen molar-refractivity contribution in [3.05, 3.63) is 63.0 Å². The fourth-order valence-corrected chi connectivity index (χ4v) is 3.52. The molecule has 0 aliphatic carbocycles. The first-order valence-corrected chi connectivity index (χ1v) is 8.03. The molecule has 2 rings (SSSR count). The van der Waals surface area contributed by atoms with Gasteiger partial charge < -0.3 is 5.73 Å². The third kappa shape index (κ3) is 3.85. The van der Waals surface area contributed by atoms with Crippen LogP contribution in [0.4, 0.5) is 0 Å². The quantitative estimate of drug-likeness (QED) is 0.748. The van der Waals surface area contributed by atoms with Gasteiger partial charge >= 0.3 is 0 Å². The second-order valence-electron chi connectivity index (χ2n) is 3.85. The molecule has 18 heavy (non-hydrogen) atoms. The first kappa shape index (κ1) is 14.1. The van der Waals surface area contributed by atoms with E-state index in [-0.39, 0.29) is 5.25 Å². The normalized spacial score (nSPS) is 12.4. The fourth-order valence-electron chi connectivity index (χ4n) is 1.63. The maximum absolute atomic E-state index is 5.88. The van der Waals surface area contributed by atoms with E-state index in [1.165, 1.54) is 10.5 Å². The number of hydrogen-bond donors (Lipinski definition) is 1. The molecule has 0 aliphatic heterocycles. The number of rotatable bonds is 4. The largest absolute Gasteiger partial charge is 0.329 e. The average Bonchev–Trinajstić information content (AvgIpc) is 2.37. The van der Waals surface area contributed by atoms with Crippen LogP contribution in [0, 0.1) is 0 Å². The van der Waals surface area contributed by atoms with Crippen LogP contribution >= 0.6 is 43.6 Å². The van der Waals surface area contributed by atoms with Crippen molar-refractivity contribution in [2.24, 2.45) is 5.73 Å². The second kappa shape index (κ2) is 6.75. The molecule has 2 N–H and O–H groups in total. The van der Waals surface area contributed by atoms with E-state index in [9.17, 15) is 0 Å². The minimum absolute atomic E-state index is 0.285. The van der Waals surface area contributed by atoms with Gasteiger partial charge in [0.2, 0.25) is 0 Å². The van der Waals surface area contributed by atoms with Crippen LogP contribution in [0.25, 0.3) is 0 Å². The van der Waals surface area contributed by atoms with Gasteiger partial charge in [0.1, 0.15) is 0 Å². The van der Waals surface area contributed by atoms with Gasteiger partial charge in [-0.05, 0) is 35.9 Å². The molecule has 1 unspecified atom stereocenters. The smallest absolute Gasteiger partial charge is 0.0466 e. The van der Waals surface area contributed by atoms with E-state index >= 15 is 0 Å². The van der Waals surface area contributed by atoms with Crippen LogP contribution < -0.4 is 5.73 Å². The lowest BCUT2D eigenvalue weighted by atomic mass is 10.1. The third-order valence-electron chi connectivity index (χ3n) is 2.53. The lowest BCUT2D eigenvalue weighted by Crippen LogP contribution is -2.09. The molecule has 0 heterocycles. The van der Waals surface area contributed by atoms with Crippen molar-refractivity contribution >= 4 is 43.6 Å². The van der Waals surface area contributed by atoms with Gasteiger partial charge in [-0.2, -0.15) is 0 Å². The molecule has 0 saturated carbocycles. The topological polar surface area (TPSA) is 26.0 Å². The van der Waals surface area contributed by atoms with Crippen molar-refractivity contribution in [1.82, 2.24) is 0 Å².